The molecule has 1 aromatic carbocycles. The summed E-state index contributed by atoms with van der Waals surface area (Å²) in [6.45, 7) is 0. The van der Waals surface area contributed by atoms with Crippen molar-refractivity contribution in [2.75, 3.05) is 0 Å². The Kier molecular flexibility index (Phi) is 4.78. The number of rotatable bonds is 5. The van der Waals surface area contributed by atoms with Crippen LogP contribution in [0.3, 0.4) is 0 Å². The zero-order valence-electron chi connectivity index (χ0n) is 11.7. The summed E-state index contributed by atoms with van der Waals surface area (Å²) in [5.41, 5.74) is 0.186. The lowest BCUT2D eigenvalue weighted by Gasteiger charge is -2.06. The Balaban J connectivity index is 2.20. The third-order valence-corrected chi connectivity index (χ3v) is 2.84. The molecule has 0 bridgehead atoms. The average Bonchev–Trinajstić information content (AvgIpc) is 2.55. The summed E-state index contributed by atoms with van der Waals surface area (Å²) in [7, 11) is 0. The quantitative estimate of drug-likeness (QED) is 0.493. The Hall–Kier alpha value is -3.55. The molecule has 1 heterocycles. The number of benzene rings is 1. The normalized spacial score (nSPS) is 10.9. The van der Waals surface area contributed by atoms with Gasteiger partial charge in [0.1, 0.15) is 5.70 Å². The van der Waals surface area contributed by atoms with Crippen LogP contribution in [-0.4, -0.2) is 26.9 Å². The Bertz CT molecular complexity index is 769. The molecule has 0 aliphatic heterocycles. The number of non-ortho nitro benzene ring substituents is 1. The number of amides is 1. The number of hydrogen-bond acceptors (Lipinski definition) is 5. The molecule has 8 heteroatoms. The van der Waals surface area contributed by atoms with E-state index in [9.17, 15) is 19.7 Å². The zero-order valence-corrected chi connectivity index (χ0v) is 11.7. The van der Waals surface area contributed by atoms with Gasteiger partial charge in [-0.3, -0.25) is 19.9 Å². The Morgan fingerprint density at radius 2 is 1.74 bits per heavy atom. The molecular formula is C15H11N3O5. The van der Waals surface area contributed by atoms with Crippen molar-refractivity contribution in [3.05, 3.63) is 75.7 Å². The van der Waals surface area contributed by atoms with Crippen LogP contribution in [0.4, 0.5) is 5.69 Å². The maximum atomic E-state index is 12.0. The van der Waals surface area contributed by atoms with Gasteiger partial charge in [-0.15, -0.1) is 0 Å². The molecule has 0 saturated carbocycles. The van der Waals surface area contributed by atoms with Crippen molar-refractivity contribution in [1.29, 1.82) is 0 Å². The fraction of sp³-hybridized carbons (Fsp3) is 0. The SMILES string of the molecule is O=C(O)/C(=C\c1ccncc1)NC(=O)c1ccc([N+](=O)[O-])cc1. The molecule has 0 fully saturated rings. The summed E-state index contributed by atoms with van der Waals surface area (Å²) in [5.74, 6) is -1.99. The van der Waals surface area contributed by atoms with Crippen LogP contribution in [0, 0.1) is 10.1 Å². The highest BCUT2D eigenvalue weighted by Crippen LogP contribution is 2.12. The summed E-state index contributed by atoms with van der Waals surface area (Å²) in [4.78, 5) is 37.0. The summed E-state index contributed by atoms with van der Waals surface area (Å²) >= 11 is 0. The van der Waals surface area contributed by atoms with E-state index in [2.05, 4.69) is 10.3 Å². The number of nitrogens with one attached hydrogen (secondary N) is 1. The van der Waals surface area contributed by atoms with Crippen LogP contribution in [0.1, 0.15) is 15.9 Å². The maximum absolute atomic E-state index is 12.0. The summed E-state index contributed by atoms with van der Waals surface area (Å²) in [5, 5.41) is 22.0. The molecule has 116 valence electrons. The van der Waals surface area contributed by atoms with Gasteiger partial charge >= 0.3 is 5.97 Å². The van der Waals surface area contributed by atoms with E-state index in [4.69, 9.17) is 5.11 Å². The number of carbonyl (C=O) groups excluding carboxylic acids is 1. The van der Waals surface area contributed by atoms with Crippen LogP contribution in [0.5, 0.6) is 0 Å². The first-order valence-corrected chi connectivity index (χ1v) is 6.38. The number of hydrogen-bond donors (Lipinski definition) is 2. The second-order valence-corrected chi connectivity index (χ2v) is 4.40. The second kappa shape index (κ2) is 6.94. The van der Waals surface area contributed by atoms with Gasteiger partial charge in [-0.25, -0.2) is 4.79 Å². The van der Waals surface area contributed by atoms with E-state index in [-0.39, 0.29) is 16.9 Å². The minimum Gasteiger partial charge on any atom is -0.477 e. The molecule has 0 atom stereocenters. The van der Waals surface area contributed by atoms with Crippen molar-refractivity contribution in [2.45, 2.75) is 0 Å². The molecule has 1 aromatic heterocycles. The van der Waals surface area contributed by atoms with Crippen molar-refractivity contribution < 1.29 is 19.6 Å². The van der Waals surface area contributed by atoms with Gasteiger partial charge in [0.2, 0.25) is 0 Å². The number of carboxylic acid groups (broad SMARTS) is 1. The predicted molar refractivity (Wildman–Crippen MR) is 80.4 cm³/mol. The number of aliphatic carboxylic acids is 1. The first kappa shape index (κ1) is 15.8. The van der Waals surface area contributed by atoms with E-state index in [0.29, 0.717) is 5.56 Å². The predicted octanol–water partition coefficient (Wildman–Crippen LogP) is 1.85. The van der Waals surface area contributed by atoms with Crippen LogP contribution >= 0.6 is 0 Å². The lowest BCUT2D eigenvalue weighted by atomic mass is 10.2. The van der Waals surface area contributed by atoms with Crippen LogP contribution in [0.2, 0.25) is 0 Å². The van der Waals surface area contributed by atoms with Crippen LogP contribution in [-0.2, 0) is 4.79 Å². The van der Waals surface area contributed by atoms with E-state index < -0.39 is 16.8 Å². The molecule has 0 saturated heterocycles. The monoisotopic (exact) mass is 313 g/mol. The number of nitro groups is 1. The van der Waals surface area contributed by atoms with E-state index in [1.54, 1.807) is 12.1 Å². The first-order valence-electron chi connectivity index (χ1n) is 6.38. The molecule has 1 amide bonds. The number of aromatic nitrogens is 1. The van der Waals surface area contributed by atoms with Crippen molar-refractivity contribution in [1.82, 2.24) is 10.3 Å². The van der Waals surface area contributed by atoms with Crippen LogP contribution < -0.4 is 5.32 Å². The average molecular weight is 313 g/mol. The summed E-state index contributed by atoms with van der Waals surface area (Å²) < 4.78 is 0. The van der Waals surface area contributed by atoms with Gasteiger partial charge in [-0.1, -0.05) is 0 Å². The van der Waals surface area contributed by atoms with Crippen LogP contribution in [0.15, 0.2) is 54.5 Å². The second-order valence-electron chi connectivity index (χ2n) is 4.40. The van der Waals surface area contributed by atoms with Gasteiger partial charge in [-0.2, -0.15) is 0 Å². The molecule has 0 aliphatic rings. The lowest BCUT2D eigenvalue weighted by Crippen LogP contribution is -2.27. The Morgan fingerprint density at radius 1 is 1.13 bits per heavy atom. The molecule has 0 radical (unpaired) electrons. The standard InChI is InChI=1S/C15H11N3O5/c19-14(11-1-3-12(4-2-11)18(22)23)17-13(15(20)21)9-10-5-7-16-8-6-10/h1-9H,(H,17,19)(H,20,21)/b13-9+. The maximum Gasteiger partial charge on any atom is 0.352 e. The fourth-order valence-corrected chi connectivity index (χ4v) is 1.71. The minimum absolute atomic E-state index is 0.109. The van der Waals surface area contributed by atoms with Gasteiger partial charge in [0.25, 0.3) is 11.6 Å². The molecule has 2 N–H and O–H groups in total. The Morgan fingerprint density at radius 3 is 2.26 bits per heavy atom. The van der Waals surface area contributed by atoms with Crippen molar-refractivity contribution in [3.8, 4) is 0 Å². The molecule has 0 unspecified atom stereocenters. The fourth-order valence-electron chi connectivity index (χ4n) is 1.71. The third kappa shape index (κ3) is 4.21. The minimum atomic E-state index is -1.31. The zero-order chi connectivity index (χ0) is 16.8. The van der Waals surface area contributed by atoms with Gasteiger partial charge < -0.3 is 10.4 Å². The van der Waals surface area contributed by atoms with Gasteiger partial charge in [0.05, 0.1) is 4.92 Å². The number of nitrogens with zero attached hydrogens (tertiary/aromatic N) is 2. The van der Waals surface area contributed by atoms with Gasteiger partial charge in [-0.05, 0) is 35.9 Å². The Labute approximate surface area is 130 Å². The largest absolute Gasteiger partial charge is 0.477 e. The van der Waals surface area contributed by atoms with Crippen LogP contribution in [0.25, 0.3) is 6.08 Å². The van der Waals surface area contributed by atoms with E-state index in [0.717, 1.165) is 0 Å². The van der Waals surface area contributed by atoms with Crippen molar-refractivity contribution in [2.24, 2.45) is 0 Å². The van der Waals surface area contributed by atoms with E-state index >= 15 is 0 Å². The highest BCUT2D eigenvalue weighted by Gasteiger charge is 2.14. The molecule has 0 aliphatic carbocycles. The molecule has 0 spiro atoms. The van der Waals surface area contributed by atoms with Gasteiger partial charge in [0.15, 0.2) is 0 Å². The highest BCUT2D eigenvalue weighted by molar-refractivity contribution is 6.02. The molecule has 2 rings (SSSR count). The van der Waals surface area contributed by atoms with Crippen molar-refractivity contribution >= 4 is 23.6 Å². The lowest BCUT2D eigenvalue weighted by molar-refractivity contribution is -0.384. The van der Waals surface area contributed by atoms with E-state index in [1.165, 1.54) is 42.7 Å². The van der Waals surface area contributed by atoms with E-state index in [1.807, 2.05) is 0 Å². The molecule has 2 aromatic rings. The van der Waals surface area contributed by atoms with Gasteiger partial charge in [0, 0.05) is 30.1 Å². The number of nitro benzene ring substituents is 1. The topological polar surface area (TPSA) is 122 Å². The smallest absolute Gasteiger partial charge is 0.352 e. The summed E-state index contributed by atoms with van der Waals surface area (Å²) in [6, 6.07) is 8.00. The third-order valence-electron chi connectivity index (χ3n) is 2.84. The first-order chi connectivity index (χ1) is 11.0. The highest BCUT2D eigenvalue weighted by atomic mass is 16.6. The molecule has 23 heavy (non-hydrogen) atoms. The number of carbonyl (C=O) groups is 2. The molecular weight excluding hydrogens is 302 g/mol. The van der Waals surface area contributed by atoms with Crippen molar-refractivity contribution in [3.63, 3.8) is 0 Å². The molecule has 8 nitrogen and oxygen atoms in total. The summed E-state index contributed by atoms with van der Waals surface area (Å²) in [6.07, 6.45) is 4.26. The number of carboxylic acids is 1. The number of pyridine rings is 1.